The third-order valence-electron chi connectivity index (χ3n) is 2.95. The summed E-state index contributed by atoms with van der Waals surface area (Å²) in [6.45, 7) is 10.8. The van der Waals surface area contributed by atoms with E-state index in [1.807, 2.05) is 19.1 Å². The second-order valence-corrected chi connectivity index (χ2v) is 4.31. The first-order valence-electron chi connectivity index (χ1n) is 6.41. The highest BCUT2D eigenvalue weighted by Gasteiger charge is 2.36. The van der Waals surface area contributed by atoms with Gasteiger partial charge in [0.2, 0.25) is 0 Å². The van der Waals surface area contributed by atoms with E-state index in [0.29, 0.717) is 16.9 Å². The van der Waals surface area contributed by atoms with E-state index >= 15 is 0 Å². The number of rotatable bonds is 5. The van der Waals surface area contributed by atoms with Crippen molar-refractivity contribution in [1.82, 2.24) is 0 Å². The SMILES string of the molecule is C=C/C=C\C1=C(C)OC(/C(C=C)=C/C=C\C)C(O)C1=O. The molecule has 0 aliphatic carbocycles. The highest BCUT2D eigenvalue weighted by atomic mass is 16.5. The first kappa shape index (κ1) is 15.9. The number of carbonyl (C=O) groups is 1. The number of hydrogen-bond acceptors (Lipinski definition) is 3. The van der Waals surface area contributed by atoms with Gasteiger partial charge in [-0.1, -0.05) is 49.6 Å². The zero-order valence-electron chi connectivity index (χ0n) is 11.9. The number of hydrogen-bond donors (Lipinski definition) is 1. The van der Waals surface area contributed by atoms with Crippen molar-refractivity contribution in [2.45, 2.75) is 26.1 Å². The second kappa shape index (κ2) is 7.46. The van der Waals surface area contributed by atoms with Crippen LogP contribution in [0.3, 0.4) is 0 Å². The summed E-state index contributed by atoms with van der Waals surface area (Å²) < 4.78 is 5.68. The van der Waals surface area contributed by atoms with Gasteiger partial charge in [-0.2, -0.15) is 0 Å². The molecule has 1 heterocycles. The van der Waals surface area contributed by atoms with E-state index in [2.05, 4.69) is 13.2 Å². The van der Waals surface area contributed by atoms with Crippen LogP contribution in [0.2, 0.25) is 0 Å². The summed E-state index contributed by atoms with van der Waals surface area (Å²) in [6, 6.07) is 0. The molecule has 1 rings (SSSR count). The molecule has 0 aromatic carbocycles. The summed E-state index contributed by atoms with van der Waals surface area (Å²) in [5.41, 5.74) is 1.03. The summed E-state index contributed by atoms with van der Waals surface area (Å²) >= 11 is 0. The Labute approximate surface area is 120 Å². The largest absolute Gasteiger partial charge is 0.486 e. The van der Waals surface area contributed by atoms with Crippen LogP contribution in [0.15, 0.2) is 72.6 Å². The van der Waals surface area contributed by atoms with Gasteiger partial charge < -0.3 is 9.84 Å². The maximum absolute atomic E-state index is 12.2. The number of Topliss-reactive ketones (excluding diaryl/α,β-unsaturated/α-hetero) is 1. The second-order valence-electron chi connectivity index (χ2n) is 4.31. The minimum absolute atomic E-state index is 0.356. The van der Waals surface area contributed by atoms with Crippen molar-refractivity contribution in [3.05, 3.63) is 72.6 Å². The molecule has 0 saturated carbocycles. The highest BCUT2D eigenvalue weighted by molar-refractivity contribution is 6.03. The lowest BCUT2D eigenvalue weighted by Crippen LogP contribution is -2.41. The summed E-state index contributed by atoms with van der Waals surface area (Å²) in [5, 5.41) is 10.1. The molecule has 0 spiro atoms. The summed E-state index contributed by atoms with van der Waals surface area (Å²) in [6.07, 6.45) is 9.84. The predicted octanol–water partition coefficient (Wildman–Crippen LogP) is 3.02. The Balaban J connectivity index is 3.15. The van der Waals surface area contributed by atoms with Crippen LogP contribution in [0.5, 0.6) is 0 Å². The monoisotopic (exact) mass is 272 g/mol. The molecular formula is C17H20O3. The Morgan fingerprint density at radius 3 is 2.60 bits per heavy atom. The lowest BCUT2D eigenvalue weighted by atomic mass is 9.93. The van der Waals surface area contributed by atoms with Crippen molar-refractivity contribution >= 4 is 5.78 Å². The van der Waals surface area contributed by atoms with Gasteiger partial charge in [-0.3, -0.25) is 4.79 Å². The van der Waals surface area contributed by atoms with Crippen LogP contribution >= 0.6 is 0 Å². The maximum Gasteiger partial charge on any atom is 0.198 e. The van der Waals surface area contributed by atoms with Gasteiger partial charge in [0.1, 0.15) is 5.76 Å². The molecular weight excluding hydrogens is 252 g/mol. The third kappa shape index (κ3) is 3.45. The van der Waals surface area contributed by atoms with Gasteiger partial charge in [0, 0.05) is 0 Å². The minimum atomic E-state index is -1.24. The van der Waals surface area contributed by atoms with Crippen LogP contribution in [0.4, 0.5) is 0 Å². The van der Waals surface area contributed by atoms with E-state index < -0.39 is 12.2 Å². The Morgan fingerprint density at radius 2 is 2.05 bits per heavy atom. The zero-order chi connectivity index (χ0) is 15.1. The van der Waals surface area contributed by atoms with Gasteiger partial charge in [0.15, 0.2) is 18.0 Å². The lowest BCUT2D eigenvalue weighted by Gasteiger charge is -2.30. The fourth-order valence-electron chi connectivity index (χ4n) is 1.89. The lowest BCUT2D eigenvalue weighted by molar-refractivity contribution is -0.131. The summed E-state index contributed by atoms with van der Waals surface area (Å²) in [5.74, 6) is 0.127. The Kier molecular flexibility index (Phi) is 5.94. The van der Waals surface area contributed by atoms with E-state index in [1.165, 1.54) is 0 Å². The molecule has 0 saturated heterocycles. The first-order chi connectivity index (χ1) is 9.56. The number of aliphatic hydroxyl groups is 1. The molecule has 0 aromatic heterocycles. The molecule has 0 aromatic rings. The van der Waals surface area contributed by atoms with Crippen molar-refractivity contribution in [1.29, 1.82) is 0 Å². The van der Waals surface area contributed by atoms with Gasteiger partial charge in [-0.05, 0) is 25.5 Å². The average molecular weight is 272 g/mol. The third-order valence-corrected chi connectivity index (χ3v) is 2.95. The molecule has 2 atom stereocenters. The van der Waals surface area contributed by atoms with Crippen LogP contribution in [0.1, 0.15) is 13.8 Å². The number of carbonyl (C=O) groups excluding carboxylic acids is 1. The predicted molar refractivity (Wildman–Crippen MR) is 81.0 cm³/mol. The Hall–Kier alpha value is -2.13. The van der Waals surface area contributed by atoms with Crippen LogP contribution in [-0.2, 0) is 9.53 Å². The zero-order valence-corrected chi connectivity index (χ0v) is 11.9. The van der Waals surface area contributed by atoms with E-state index in [-0.39, 0.29) is 5.78 Å². The quantitative estimate of drug-likeness (QED) is 0.783. The summed E-state index contributed by atoms with van der Waals surface area (Å²) in [4.78, 5) is 12.2. The molecule has 0 bridgehead atoms. The van der Waals surface area contributed by atoms with Crippen molar-refractivity contribution < 1.29 is 14.6 Å². The van der Waals surface area contributed by atoms with E-state index in [1.54, 1.807) is 37.3 Å². The van der Waals surface area contributed by atoms with Gasteiger partial charge in [0.25, 0.3) is 0 Å². The van der Waals surface area contributed by atoms with Crippen molar-refractivity contribution in [2.75, 3.05) is 0 Å². The van der Waals surface area contributed by atoms with Crippen LogP contribution in [-0.4, -0.2) is 23.1 Å². The summed E-state index contributed by atoms with van der Waals surface area (Å²) in [7, 11) is 0. The van der Waals surface area contributed by atoms with Gasteiger partial charge in [0.05, 0.1) is 5.57 Å². The van der Waals surface area contributed by atoms with Crippen LogP contribution < -0.4 is 0 Å². The maximum atomic E-state index is 12.2. The Morgan fingerprint density at radius 1 is 1.35 bits per heavy atom. The van der Waals surface area contributed by atoms with Crippen molar-refractivity contribution in [2.24, 2.45) is 0 Å². The van der Waals surface area contributed by atoms with Crippen molar-refractivity contribution in [3.8, 4) is 0 Å². The van der Waals surface area contributed by atoms with Gasteiger partial charge >= 0.3 is 0 Å². The highest BCUT2D eigenvalue weighted by Crippen LogP contribution is 2.27. The van der Waals surface area contributed by atoms with Gasteiger partial charge in [-0.15, -0.1) is 0 Å². The average Bonchev–Trinajstić information content (AvgIpc) is 2.44. The fraction of sp³-hybridized carbons (Fsp3) is 0.235. The normalized spacial score (nSPS) is 24.4. The Bertz CT molecular complexity index is 518. The van der Waals surface area contributed by atoms with E-state index in [0.717, 1.165) is 0 Å². The van der Waals surface area contributed by atoms with E-state index in [9.17, 15) is 9.90 Å². The van der Waals surface area contributed by atoms with Gasteiger partial charge in [-0.25, -0.2) is 0 Å². The van der Waals surface area contributed by atoms with Crippen LogP contribution in [0.25, 0.3) is 0 Å². The first-order valence-corrected chi connectivity index (χ1v) is 6.41. The molecule has 0 fully saturated rings. The molecule has 0 amide bonds. The standard InChI is InChI=1S/C17H20O3/c1-5-8-10-13(7-3)17-16(19)15(18)14(11-9-6-2)12(4)20-17/h5-11,16-17,19H,2-3H2,1,4H3/b8-5-,11-9-,13-10+. The molecule has 2 unspecified atom stereocenters. The molecule has 1 aliphatic heterocycles. The molecule has 1 N–H and O–H groups in total. The number of allylic oxidation sites excluding steroid dienone is 7. The number of ketones is 1. The minimum Gasteiger partial charge on any atom is -0.486 e. The fourth-order valence-corrected chi connectivity index (χ4v) is 1.89. The van der Waals surface area contributed by atoms with Crippen LogP contribution in [0, 0.1) is 0 Å². The smallest absolute Gasteiger partial charge is 0.198 e. The number of aliphatic hydroxyl groups excluding tert-OH is 1. The topological polar surface area (TPSA) is 46.5 Å². The molecule has 3 nitrogen and oxygen atoms in total. The number of ether oxygens (including phenoxy) is 1. The molecule has 0 radical (unpaired) electrons. The molecule has 3 heteroatoms. The molecule has 106 valence electrons. The van der Waals surface area contributed by atoms with Crippen molar-refractivity contribution in [3.63, 3.8) is 0 Å². The van der Waals surface area contributed by atoms with E-state index in [4.69, 9.17) is 4.74 Å². The molecule has 1 aliphatic rings. The molecule has 20 heavy (non-hydrogen) atoms.